The number of hydrogen-bond acceptors (Lipinski definition) is 4. The third kappa shape index (κ3) is 4.51. The van der Waals surface area contributed by atoms with E-state index >= 15 is 0 Å². The van der Waals surface area contributed by atoms with Gasteiger partial charge in [-0.05, 0) is 30.4 Å². The van der Waals surface area contributed by atoms with Crippen LogP contribution in [0.2, 0.25) is 10.0 Å². The molecule has 1 saturated heterocycles. The molecule has 1 saturated carbocycles. The summed E-state index contributed by atoms with van der Waals surface area (Å²) < 4.78 is 5.49. The number of hydrogen-bond donors (Lipinski definition) is 1. The minimum absolute atomic E-state index is 0.0636. The summed E-state index contributed by atoms with van der Waals surface area (Å²) in [5, 5.41) is 11.1. The van der Waals surface area contributed by atoms with Crippen LogP contribution in [-0.4, -0.2) is 41.1 Å². The first-order valence-corrected chi connectivity index (χ1v) is 9.73. The summed E-state index contributed by atoms with van der Waals surface area (Å²) in [6, 6.07) is 4.80. The Bertz CT molecular complexity index is 668. The Balaban J connectivity index is 1.55. The highest BCUT2D eigenvalue weighted by molar-refractivity contribution is 6.34. The minimum atomic E-state index is -0.988. The number of likely N-dealkylation sites (tertiary alicyclic amines) is 1. The van der Waals surface area contributed by atoms with Gasteiger partial charge in [0.05, 0.1) is 11.6 Å². The number of piperidine rings is 1. The lowest BCUT2D eigenvalue weighted by Gasteiger charge is -2.42. The summed E-state index contributed by atoms with van der Waals surface area (Å²) in [6.45, 7) is -0.145. The largest absolute Gasteiger partial charge is 0.489 e. The van der Waals surface area contributed by atoms with Crippen LogP contribution in [0.25, 0.3) is 0 Å². The van der Waals surface area contributed by atoms with Gasteiger partial charge in [0.1, 0.15) is 18.5 Å². The molecule has 2 fully saturated rings. The Morgan fingerprint density at radius 3 is 2.42 bits per heavy atom. The van der Waals surface area contributed by atoms with Crippen molar-refractivity contribution in [2.24, 2.45) is 5.41 Å². The Hall–Kier alpha value is -1.30. The van der Waals surface area contributed by atoms with Crippen molar-refractivity contribution in [1.29, 1.82) is 0 Å². The van der Waals surface area contributed by atoms with Gasteiger partial charge in [-0.2, -0.15) is 0 Å². The number of β-amino-alcohol motifs (C(OH)–C–C–N with tert-alkyl or cyclic N) is 1. The maximum Gasteiger partial charge on any atom is 0.229 e. The van der Waals surface area contributed by atoms with Crippen molar-refractivity contribution in [3.63, 3.8) is 0 Å². The fourth-order valence-corrected chi connectivity index (χ4v) is 4.26. The van der Waals surface area contributed by atoms with Crippen molar-refractivity contribution in [2.45, 2.75) is 51.0 Å². The van der Waals surface area contributed by atoms with Gasteiger partial charge in [0.2, 0.25) is 11.8 Å². The van der Waals surface area contributed by atoms with Crippen LogP contribution in [0.3, 0.4) is 0 Å². The van der Waals surface area contributed by atoms with E-state index in [1.165, 1.54) is 11.3 Å². The molecular weight excluding hydrogens is 377 g/mol. The standard InChI is InChI=1S/C19H23Cl2NO4/c20-13-4-5-15(21)16(8-13)26-12-14(23)11-22-17(24)9-19(10-18(22)25)6-2-1-3-7-19/h4-5,8,14,23H,1-3,6-7,9-12H2. The molecule has 0 radical (unpaired) electrons. The summed E-state index contributed by atoms with van der Waals surface area (Å²) in [5.74, 6) is -0.0263. The van der Waals surface area contributed by atoms with Crippen LogP contribution in [0.4, 0.5) is 0 Å². The molecule has 3 rings (SSSR count). The molecule has 1 atom stereocenters. The van der Waals surface area contributed by atoms with Crippen LogP contribution >= 0.6 is 23.2 Å². The lowest BCUT2D eigenvalue weighted by molar-refractivity contribution is -0.156. The number of carbonyl (C=O) groups excluding carboxylic acids is 2. The zero-order valence-electron chi connectivity index (χ0n) is 14.5. The summed E-state index contributed by atoms with van der Waals surface area (Å²) in [6.07, 6.45) is 5.02. The Labute approximate surface area is 163 Å². The fraction of sp³-hybridized carbons (Fsp3) is 0.579. The predicted molar refractivity (Wildman–Crippen MR) is 99.4 cm³/mol. The molecule has 1 heterocycles. The molecule has 26 heavy (non-hydrogen) atoms. The highest BCUT2D eigenvalue weighted by atomic mass is 35.5. The Kier molecular flexibility index (Phi) is 6.10. The maximum atomic E-state index is 12.5. The van der Waals surface area contributed by atoms with Gasteiger partial charge < -0.3 is 9.84 Å². The number of ether oxygens (including phenoxy) is 1. The average Bonchev–Trinajstić information content (AvgIpc) is 2.59. The van der Waals surface area contributed by atoms with E-state index in [4.69, 9.17) is 27.9 Å². The molecule has 1 aromatic rings. The zero-order valence-corrected chi connectivity index (χ0v) is 16.1. The highest BCUT2D eigenvalue weighted by Crippen LogP contribution is 2.45. The van der Waals surface area contributed by atoms with E-state index in [-0.39, 0.29) is 30.4 Å². The van der Waals surface area contributed by atoms with Crippen molar-refractivity contribution in [3.05, 3.63) is 28.2 Å². The van der Waals surface area contributed by atoms with Crippen molar-refractivity contribution in [1.82, 2.24) is 4.90 Å². The van der Waals surface area contributed by atoms with E-state index in [1.54, 1.807) is 18.2 Å². The number of halogens is 2. The highest BCUT2D eigenvalue weighted by Gasteiger charge is 2.44. The summed E-state index contributed by atoms with van der Waals surface area (Å²) in [7, 11) is 0. The topological polar surface area (TPSA) is 66.8 Å². The molecule has 5 nitrogen and oxygen atoms in total. The summed E-state index contributed by atoms with van der Waals surface area (Å²) in [4.78, 5) is 26.2. The Morgan fingerprint density at radius 1 is 1.12 bits per heavy atom. The van der Waals surface area contributed by atoms with Crippen molar-refractivity contribution >= 4 is 35.0 Å². The van der Waals surface area contributed by atoms with E-state index in [0.29, 0.717) is 28.6 Å². The summed E-state index contributed by atoms with van der Waals surface area (Å²) >= 11 is 11.9. The molecule has 7 heteroatoms. The smallest absolute Gasteiger partial charge is 0.229 e. The van der Waals surface area contributed by atoms with Crippen LogP contribution in [0.5, 0.6) is 5.75 Å². The SMILES string of the molecule is O=C1CC2(CCCCC2)CC(=O)N1CC(O)COc1cc(Cl)ccc1Cl. The maximum absolute atomic E-state index is 12.5. The number of aliphatic hydroxyl groups is 1. The molecular formula is C19H23Cl2NO4. The van der Waals surface area contributed by atoms with E-state index < -0.39 is 6.10 Å². The number of nitrogens with zero attached hydrogens (tertiary/aromatic N) is 1. The van der Waals surface area contributed by atoms with Gasteiger partial charge in [0, 0.05) is 23.9 Å². The van der Waals surface area contributed by atoms with Crippen LogP contribution in [-0.2, 0) is 9.59 Å². The molecule has 142 valence electrons. The van der Waals surface area contributed by atoms with Crippen LogP contribution in [0, 0.1) is 5.41 Å². The third-order valence-corrected chi connectivity index (χ3v) is 5.83. The van der Waals surface area contributed by atoms with Crippen LogP contribution in [0.1, 0.15) is 44.9 Å². The van der Waals surface area contributed by atoms with Crippen molar-refractivity contribution < 1.29 is 19.4 Å². The summed E-state index contributed by atoms with van der Waals surface area (Å²) in [5.41, 5.74) is -0.154. The molecule has 2 amide bonds. The Morgan fingerprint density at radius 2 is 1.77 bits per heavy atom. The molecule has 1 aromatic carbocycles. The third-order valence-electron chi connectivity index (χ3n) is 5.29. The lowest BCUT2D eigenvalue weighted by Crippen LogP contribution is -2.51. The van der Waals surface area contributed by atoms with Crippen LogP contribution in [0.15, 0.2) is 18.2 Å². The predicted octanol–water partition coefficient (Wildman–Crippen LogP) is 3.83. The lowest BCUT2D eigenvalue weighted by atomic mass is 9.67. The van der Waals surface area contributed by atoms with Gasteiger partial charge in [-0.3, -0.25) is 14.5 Å². The fourth-order valence-electron chi connectivity index (χ4n) is 3.93. The quantitative estimate of drug-likeness (QED) is 0.763. The van der Waals surface area contributed by atoms with E-state index in [9.17, 15) is 14.7 Å². The normalized spacial score (nSPS) is 21.1. The first-order chi connectivity index (χ1) is 12.4. The van der Waals surface area contributed by atoms with E-state index in [2.05, 4.69) is 0 Å². The molecule has 0 aromatic heterocycles. The monoisotopic (exact) mass is 399 g/mol. The second kappa shape index (κ2) is 8.15. The minimum Gasteiger partial charge on any atom is -0.489 e. The number of benzene rings is 1. The van der Waals surface area contributed by atoms with Gasteiger partial charge in [0.15, 0.2) is 0 Å². The van der Waals surface area contributed by atoms with Gasteiger partial charge in [0.25, 0.3) is 0 Å². The molecule has 1 aliphatic carbocycles. The van der Waals surface area contributed by atoms with Gasteiger partial charge >= 0.3 is 0 Å². The van der Waals surface area contributed by atoms with Gasteiger partial charge in [-0.15, -0.1) is 0 Å². The van der Waals surface area contributed by atoms with E-state index in [1.807, 2.05) is 0 Å². The zero-order chi connectivity index (χ0) is 18.7. The average molecular weight is 400 g/mol. The number of rotatable bonds is 5. The second-order valence-electron chi connectivity index (χ2n) is 7.35. The molecule has 1 unspecified atom stereocenters. The number of carbonyl (C=O) groups is 2. The molecule has 1 N–H and O–H groups in total. The number of imide groups is 1. The van der Waals surface area contributed by atoms with E-state index in [0.717, 1.165) is 25.7 Å². The first-order valence-electron chi connectivity index (χ1n) is 8.98. The second-order valence-corrected chi connectivity index (χ2v) is 8.20. The molecule has 0 bridgehead atoms. The number of aliphatic hydroxyl groups excluding tert-OH is 1. The van der Waals surface area contributed by atoms with Crippen LogP contribution < -0.4 is 4.74 Å². The number of amides is 2. The molecule has 1 aliphatic heterocycles. The van der Waals surface area contributed by atoms with Gasteiger partial charge in [-0.1, -0.05) is 42.5 Å². The van der Waals surface area contributed by atoms with Crippen molar-refractivity contribution in [3.8, 4) is 5.75 Å². The first kappa shape index (κ1) is 19.5. The van der Waals surface area contributed by atoms with Crippen molar-refractivity contribution in [2.75, 3.05) is 13.2 Å². The molecule has 1 spiro atoms. The van der Waals surface area contributed by atoms with Gasteiger partial charge in [-0.25, -0.2) is 0 Å². The molecule has 2 aliphatic rings.